The van der Waals surface area contributed by atoms with Gasteiger partial charge in [0.15, 0.2) is 0 Å². The number of hydrogen-bond acceptors (Lipinski definition) is 3. The van der Waals surface area contributed by atoms with E-state index in [1.54, 1.807) is 12.1 Å². The maximum absolute atomic E-state index is 9.44. The molecule has 0 heterocycles. The third-order valence-corrected chi connectivity index (χ3v) is 2.85. The molecule has 1 aromatic carbocycles. The number of nitrogens with two attached hydrogens (primary N) is 1. The summed E-state index contributed by atoms with van der Waals surface area (Å²) < 4.78 is 0. The van der Waals surface area contributed by atoms with Crippen molar-refractivity contribution in [1.29, 1.82) is 5.26 Å². The van der Waals surface area contributed by atoms with Crippen molar-refractivity contribution in [1.82, 2.24) is 0 Å². The fraction of sp³-hybridized carbons (Fsp3) is 0.462. The van der Waals surface area contributed by atoms with Gasteiger partial charge in [0.1, 0.15) is 11.8 Å². The van der Waals surface area contributed by atoms with Crippen molar-refractivity contribution in [3.8, 4) is 11.8 Å². The molecular weight excluding hydrogens is 200 g/mol. The summed E-state index contributed by atoms with van der Waals surface area (Å²) in [5, 5.41) is 18.3. The smallest absolute Gasteiger partial charge is 0.133 e. The van der Waals surface area contributed by atoms with E-state index >= 15 is 0 Å². The van der Waals surface area contributed by atoms with E-state index in [9.17, 15) is 5.11 Å². The third-order valence-electron chi connectivity index (χ3n) is 2.85. The molecule has 1 aromatic rings. The highest BCUT2D eigenvalue weighted by Gasteiger charge is 2.16. The molecule has 0 spiro atoms. The van der Waals surface area contributed by atoms with Gasteiger partial charge in [0, 0.05) is 0 Å². The number of aromatic hydroxyl groups is 1. The SMILES string of the molecule is CC(C)C(CCN)c1ccc(O)c(C#N)c1. The molecule has 1 atom stereocenters. The predicted molar refractivity (Wildman–Crippen MR) is 64.1 cm³/mol. The number of hydrogen-bond donors (Lipinski definition) is 2. The lowest BCUT2D eigenvalue weighted by atomic mass is 9.85. The van der Waals surface area contributed by atoms with Gasteiger partial charge in [-0.05, 0) is 42.5 Å². The first kappa shape index (κ1) is 12.5. The van der Waals surface area contributed by atoms with Gasteiger partial charge in [-0.15, -0.1) is 0 Å². The van der Waals surface area contributed by atoms with Crippen molar-refractivity contribution >= 4 is 0 Å². The monoisotopic (exact) mass is 218 g/mol. The number of phenolic OH excluding ortho intramolecular Hbond substituents is 1. The van der Waals surface area contributed by atoms with Crippen LogP contribution < -0.4 is 5.73 Å². The average Bonchev–Trinajstić information content (AvgIpc) is 2.26. The summed E-state index contributed by atoms with van der Waals surface area (Å²) in [5.74, 6) is 0.860. The minimum Gasteiger partial charge on any atom is -0.507 e. The van der Waals surface area contributed by atoms with Gasteiger partial charge in [0.2, 0.25) is 0 Å². The highest BCUT2D eigenvalue weighted by atomic mass is 16.3. The number of nitrogens with zero attached hydrogens (tertiary/aromatic N) is 1. The van der Waals surface area contributed by atoms with E-state index in [1.807, 2.05) is 12.1 Å². The Morgan fingerprint density at radius 3 is 2.62 bits per heavy atom. The van der Waals surface area contributed by atoms with E-state index in [0.29, 0.717) is 23.9 Å². The van der Waals surface area contributed by atoms with Crippen LogP contribution in [-0.4, -0.2) is 11.7 Å². The molecule has 0 aromatic heterocycles. The maximum Gasteiger partial charge on any atom is 0.133 e. The molecule has 3 nitrogen and oxygen atoms in total. The Hall–Kier alpha value is -1.53. The van der Waals surface area contributed by atoms with Crippen LogP contribution in [0.25, 0.3) is 0 Å². The van der Waals surface area contributed by atoms with E-state index < -0.39 is 0 Å². The molecule has 0 saturated carbocycles. The topological polar surface area (TPSA) is 70.0 Å². The molecule has 0 fully saturated rings. The quantitative estimate of drug-likeness (QED) is 0.815. The minimum absolute atomic E-state index is 0.0431. The van der Waals surface area contributed by atoms with Gasteiger partial charge in [0.25, 0.3) is 0 Å². The molecule has 3 heteroatoms. The zero-order valence-electron chi connectivity index (χ0n) is 9.77. The van der Waals surface area contributed by atoms with E-state index in [4.69, 9.17) is 11.0 Å². The first-order chi connectivity index (χ1) is 7.60. The lowest BCUT2D eigenvalue weighted by molar-refractivity contribution is 0.463. The van der Waals surface area contributed by atoms with E-state index in [-0.39, 0.29) is 5.75 Å². The first-order valence-electron chi connectivity index (χ1n) is 5.53. The zero-order valence-corrected chi connectivity index (χ0v) is 9.77. The van der Waals surface area contributed by atoms with Crippen molar-refractivity contribution in [2.45, 2.75) is 26.2 Å². The molecule has 1 unspecified atom stereocenters. The van der Waals surface area contributed by atoms with Gasteiger partial charge in [-0.25, -0.2) is 0 Å². The van der Waals surface area contributed by atoms with E-state index in [1.165, 1.54) is 0 Å². The number of nitriles is 1. The third kappa shape index (κ3) is 2.74. The molecule has 16 heavy (non-hydrogen) atoms. The lowest BCUT2D eigenvalue weighted by Crippen LogP contribution is -2.12. The summed E-state index contributed by atoms with van der Waals surface area (Å²) >= 11 is 0. The van der Waals surface area contributed by atoms with Crippen LogP contribution >= 0.6 is 0 Å². The fourth-order valence-electron chi connectivity index (χ4n) is 1.94. The molecule has 0 bridgehead atoms. The number of benzene rings is 1. The zero-order chi connectivity index (χ0) is 12.1. The summed E-state index contributed by atoms with van der Waals surface area (Å²) in [6, 6.07) is 7.20. The van der Waals surface area contributed by atoms with E-state index in [2.05, 4.69) is 13.8 Å². The molecule has 0 saturated heterocycles. The molecule has 0 aliphatic carbocycles. The standard InChI is InChI=1S/C13H18N2O/c1-9(2)12(5-6-14)10-3-4-13(16)11(7-10)8-15/h3-4,7,9,12,16H,5-6,14H2,1-2H3. The Labute approximate surface area is 96.5 Å². The van der Waals surface area contributed by atoms with Gasteiger partial charge in [0.05, 0.1) is 5.56 Å². The van der Waals surface area contributed by atoms with Crippen molar-refractivity contribution in [2.24, 2.45) is 11.7 Å². The van der Waals surface area contributed by atoms with Crippen LogP contribution in [0.1, 0.15) is 37.3 Å². The van der Waals surface area contributed by atoms with Crippen molar-refractivity contribution < 1.29 is 5.11 Å². The van der Waals surface area contributed by atoms with Crippen molar-refractivity contribution in [2.75, 3.05) is 6.54 Å². The Balaban J connectivity index is 3.06. The van der Waals surface area contributed by atoms with Gasteiger partial charge < -0.3 is 10.8 Å². The van der Waals surface area contributed by atoms with Crippen LogP contribution in [0.5, 0.6) is 5.75 Å². The molecule has 0 amide bonds. The Morgan fingerprint density at radius 2 is 2.12 bits per heavy atom. The van der Waals surface area contributed by atoms with Crippen LogP contribution in [0, 0.1) is 17.2 Å². The van der Waals surface area contributed by atoms with Crippen molar-refractivity contribution in [3.63, 3.8) is 0 Å². The van der Waals surface area contributed by atoms with Crippen LogP contribution in [0.2, 0.25) is 0 Å². The second-order valence-corrected chi connectivity index (χ2v) is 4.32. The molecule has 0 aliphatic rings. The second-order valence-electron chi connectivity index (χ2n) is 4.32. The summed E-state index contributed by atoms with van der Waals surface area (Å²) in [6.45, 7) is 4.91. The Bertz CT molecular complexity index is 393. The van der Waals surface area contributed by atoms with Gasteiger partial charge in [-0.2, -0.15) is 5.26 Å². The molecule has 86 valence electrons. The fourth-order valence-corrected chi connectivity index (χ4v) is 1.94. The maximum atomic E-state index is 9.44. The highest BCUT2D eigenvalue weighted by molar-refractivity contribution is 5.45. The number of rotatable bonds is 4. The largest absolute Gasteiger partial charge is 0.507 e. The Kier molecular flexibility index (Phi) is 4.33. The minimum atomic E-state index is 0.0431. The molecule has 0 radical (unpaired) electrons. The average molecular weight is 218 g/mol. The highest BCUT2D eigenvalue weighted by Crippen LogP contribution is 2.30. The van der Waals surface area contributed by atoms with Crippen LogP contribution in [-0.2, 0) is 0 Å². The summed E-state index contributed by atoms with van der Waals surface area (Å²) in [6.07, 6.45) is 0.896. The van der Waals surface area contributed by atoms with Crippen LogP contribution in [0.15, 0.2) is 18.2 Å². The molecular formula is C13H18N2O. The normalized spacial score (nSPS) is 12.4. The van der Waals surface area contributed by atoms with Gasteiger partial charge >= 0.3 is 0 Å². The van der Waals surface area contributed by atoms with Crippen molar-refractivity contribution in [3.05, 3.63) is 29.3 Å². The summed E-state index contributed by atoms with van der Waals surface area (Å²) in [4.78, 5) is 0. The van der Waals surface area contributed by atoms with Crippen LogP contribution in [0.4, 0.5) is 0 Å². The predicted octanol–water partition coefficient (Wildman–Crippen LogP) is 2.35. The summed E-state index contributed by atoms with van der Waals surface area (Å²) in [7, 11) is 0. The van der Waals surface area contributed by atoms with Crippen LogP contribution in [0.3, 0.4) is 0 Å². The summed E-state index contributed by atoms with van der Waals surface area (Å²) in [5.41, 5.74) is 7.00. The van der Waals surface area contributed by atoms with Gasteiger partial charge in [-0.1, -0.05) is 19.9 Å². The molecule has 0 aliphatic heterocycles. The number of phenols is 1. The molecule has 3 N–H and O–H groups in total. The first-order valence-corrected chi connectivity index (χ1v) is 5.53. The Morgan fingerprint density at radius 1 is 1.44 bits per heavy atom. The van der Waals surface area contributed by atoms with Gasteiger partial charge in [-0.3, -0.25) is 0 Å². The van der Waals surface area contributed by atoms with E-state index in [0.717, 1.165) is 12.0 Å². The second kappa shape index (κ2) is 5.53. The lowest BCUT2D eigenvalue weighted by Gasteiger charge is -2.20. The molecule has 1 rings (SSSR count).